The van der Waals surface area contributed by atoms with E-state index in [1.165, 1.54) is 6.20 Å². The molecule has 2 N–H and O–H groups in total. The fourth-order valence-corrected chi connectivity index (χ4v) is 0.570. The third kappa shape index (κ3) is 1.14. The van der Waals surface area contributed by atoms with Crippen LogP contribution in [-0.2, 0) is 0 Å². The van der Waals surface area contributed by atoms with E-state index in [1.54, 1.807) is 6.07 Å². The van der Waals surface area contributed by atoms with Crippen LogP contribution in [0.4, 0.5) is 5.82 Å². The van der Waals surface area contributed by atoms with Crippen LogP contribution < -0.4 is 5.73 Å². The summed E-state index contributed by atoms with van der Waals surface area (Å²) in [7, 11) is 0. The first kappa shape index (κ1) is 6.78. The maximum absolute atomic E-state index is 8.30. The summed E-state index contributed by atoms with van der Waals surface area (Å²) in [6.07, 6.45) is 1.27. The molecule has 0 saturated heterocycles. The van der Waals surface area contributed by atoms with Crippen LogP contribution in [0.1, 0.15) is 5.69 Å². The predicted octanol–water partition coefficient (Wildman–Crippen LogP) is 0.584. The maximum Gasteiger partial charge on any atom is 0.172 e. The molecule has 0 aliphatic rings. The minimum atomic E-state index is 0.0686. The van der Waals surface area contributed by atoms with Crippen molar-refractivity contribution in [2.75, 3.05) is 5.73 Å². The molecule has 0 unspecified atom stereocenters. The molecule has 5 heteroatoms. The van der Waals surface area contributed by atoms with Gasteiger partial charge >= 0.3 is 0 Å². The minimum absolute atomic E-state index is 0.0686. The molecule has 0 atom stereocenters. The first-order valence-electron chi connectivity index (χ1n) is 2.42. The van der Waals surface area contributed by atoms with E-state index in [-0.39, 0.29) is 16.7 Å². The molecular formula is C5H3ClN4. The Morgan fingerprint density at radius 1 is 1.70 bits per heavy atom. The molecule has 1 heterocycles. The molecule has 0 saturated carbocycles. The van der Waals surface area contributed by atoms with Gasteiger partial charge in [-0.15, -0.1) is 0 Å². The summed E-state index contributed by atoms with van der Waals surface area (Å²) in [5.41, 5.74) is 5.39. The lowest BCUT2D eigenvalue weighted by atomic mass is 10.5. The van der Waals surface area contributed by atoms with Gasteiger partial charge in [-0.05, 0) is 0 Å². The van der Waals surface area contributed by atoms with E-state index in [2.05, 4.69) is 9.97 Å². The standard InChI is InChI=1S/C5H3ClN4/c6-4-5(8)9-2-3(1-7)10-4/h2H,(H2,8,9). The van der Waals surface area contributed by atoms with Crippen LogP contribution in [0.2, 0.25) is 5.15 Å². The summed E-state index contributed by atoms with van der Waals surface area (Å²) in [4.78, 5) is 7.22. The molecule has 4 nitrogen and oxygen atoms in total. The number of hydrogen-bond acceptors (Lipinski definition) is 4. The van der Waals surface area contributed by atoms with Crippen LogP contribution in [0, 0.1) is 11.3 Å². The van der Waals surface area contributed by atoms with E-state index in [9.17, 15) is 0 Å². The largest absolute Gasteiger partial charge is 0.381 e. The average Bonchev–Trinajstić information content (AvgIpc) is 1.95. The van der Waals surface area contributed by atoms with Gasteiger partial charge in [0.15, 0.2) is 16.7 Å². The second-order valence-corrected chi connectivity index (χ2v) is 1.90. The van der Waals surface area contributed by atoms with Gasteiger partial charge in [0.05, 0.1) is 6.20 Å². The van der Waals surface area contributed by atoms with Gasteiger partial charge in [-0.3, -0.25) is 0 Å². The van der Waals surface area contributed by atoms with Crippen LogP contribution in [0.5, 0.6) is 0 Å². The van der Waals surface area contributed by atoms with E-state index < -0.39 is 0 Å². The molecular weight excluding hydrogens is 152 g/mol. The molecule has 0 spiro atoms. The number of anilines is 1. The SMILES string of the molecule is N#Cc1cnc(N)c(Cl)n1. The van der Waals surface area contributed by atoms with E-state index >= 15 is 0 Å². The van der Waals surface area contributed by atoms with Crippen molar-refractivity contribution in [3.05, 3.63) is 17.0 Å². The number of nitrogens with zero attached hydrogens (tertiary/aromatic N) is 3. The molecule has 0 bridgehead atoms. The number of nitrogens with two attached hydrogens (primary N) is 1. The summed E-state index contributed by atoms with van der Waals surface area (Å²) in [5, 5.41) is 8.37. The van der Waals surface area contributed by atoms with E-state index in [1.807, 2.05) is 0 Å². The second kappa shape index (κ2) is 2.50. The van der Waals surface area contributed by atoms with E-state index in [0.717, 1.165) is 0 Å². The highest BCUT2D eigenvalue weighted by molar-refractivity contribution is 6.31. The van der Waals surface area contributed by atoms with Crippen LogP contribution >= 0.6 is 11.6 Å². The number of nitrogen functional groups attached to an aromatic ring is 1. The summed E-state index contributed by atoms with van der Waals surface area (Å²) >= 11 is 5.44. The van der Waals surface area contributed by atoms with Gasteiger partial charge < -0.3 is 5.73 Å². The van der Waals surface area contributed by atoms with Gasteiger partial charge in [-0.1, -0.05) is 11.6 Å². The Morgan fingerprint density at radius 3 is 2.90 bits per heavy atom. The monoisotopic (exact) mass is 154 g/mol. The highest BCUT2D eigenvalue weighted by atomic mass is 35.5. The van der Waals surface area contributed by atoms with Crippen molar-refractivity contribution in [2.24, 2.45) is 0 Å². The van der Waals surface area contributed by atoms with Crippen molar-refractivity contribution in [2.45, 2.75) is 0 Å². The van der Waals surface area contributed by atoms with Crippen LogP contribution in [0.3, 0.4) is 0 Å². The molecule has 0 aliphatic heterocycles. The van der Waals surface area contributed by atoms with Crippen molar-refractivity contribution in [3.63, 3.8) is 0 Å². The third-order valence-electron chi connectivity index (χ3n) is 0.870. The number of rotatable bonds is 0. The lowest BCUT2D eigenvalue weighted by Crippen LogP contribution is -1.94. The fraction of sp³-hybridized carbons (Fsp3) is 0. The topological polar surface area (TPSA) is 75.6 Å². The molecule has 0 aromatic carbocycles. The molecule has 0 fully saturated rings. The molecule has 50 valence electrons. The van der Waals surface area contributed by atoms with Gasteiger partial charge in [0.2, 0.25) is 0 Å². The molecule has 1 rings (SSSR count). The highest BCUT2D eigenvalue weighted by Crippen LogP contribution is 2.10. The Labute approximate surface area is 62.3 Å². The second-order valence-electron chi connectivity index (χ2n) is 1.54. The Hall–Kier alpha value is -1.34. The lowest BCUT2D eigenvalue weighted by molar-refractivity contribution is 1.17. The van der Waals surface area contributed by atoms with Crippen molar-refractivity contribution >= 4 is 17.4 Å². The fourth-order valence-electron chi connectivity index (χ4n) is 0.430. The summed E-state index contributed by atoms with van der Waals surface area (Å²) in [6, 6.07) is 1.78. The summed E-state index contributed by atoms with van der Waals surface area (Å²) in [6.45, 7) is 0. The normalized spacial score (nSPS) is 8.80. The number of aromatic nitrogens is 2. The Bertz CT molecular complexity index is 290. The van der Waals surface area contributed by atoms with Gasteiger partial charge in [-0.25, -0.2) is 9.97 Å². The Kier molecular flexibility index (Phi) is 1.69. The van der Waals surface area contributed by atoms with Crippen molar-refractivity contribution in [1.82, 2.24) is 9.97 Å². The third-order valence-corrected chi connectivity index (χ3v) is 1.15. The number of halogens is 1. The zero-order valence-electron chi connectivity index (χ0n) is 4.87. The molecule has 10 heavy (non-hydrogen) atoms. The molecule has 0 radical (unpaired) electrons. The first-order chi connectivity index (χ1) is 4.74. The average molecular weight is 155 g/mol. The van der Waals surface area contributed by atoms with Crippen LogP contribution in [-0.4, -0.2) is 9.97 Å². The lowest BCUT2D eigenvalue weighted by Gasteiger charge is -1.92. The van der Waals surface area contributed by atoms with Crippen LogP contribution in [0.25, 0.3) is 0 Å². The van der Waals surface area contributed by atoms with Gasteiger partial charge in [0, 0.05) is 0 Å². The summed E-state index contributed by atoms with van der Waals surface area (Å²) < 4.78 is 0. The summed E-state index contributed by atoms with van der Waals surface area (Å²) in [5.74, 6) is 0.140. The number of nitriles is 1. The highest BCUT2D eigenvalue weighted by Gasteiger charge is 1.98. The Balaban J connectivity index is 3.20. The first-order valence-corrected chi connectivity index (χ1v) is 2.80. The van der Waals surface area contributed by atoms with E-state index in [0.29, 0.717) is 0 Å². The quantitative estimate of drug-likeness (QED) is 0.593. The van der Waals surface area contributed by atoms with Gasteiger partial charge in [0.25, 0.3) is 0 Å². The predicted molar refractivity (Wildman–Crippen MR) is 36.2 cm³/mol. The van der Waals surface area contributed by atoms with Gasteiger partial charge in [0.1, 0.15) is 6.07 Å². The molecule has 1 aromatic rings. The van der Waals surface area contributed by atoms with Crippen molar-refractivity contribution in [3.8, 4) is 6.07 Å². The molecule has 1 aromatic heterocycles. The molecule has 0 amide bonds. The maximum atomic E-state index is 8.30. The van der Waals surface area contributed by atoms with Crippen LogP contribution in [0.15, 0.2) is 6.20 Å². The van der Waals surface area contributed by atoms with Crippen molar-refractivity contribution in [1.29, 1.82) is 5.26 Å². The smallest absolute Gasteiger partial charge is 0.172 e. The van der Waals surface area contributed by atoms with Crippen molar-refractivity contribution < 1.29 is 0 Å². The molecule has 0 aliphatic carbocycles. The van der Waals surface area contributed by atoms with Gasteiger partial charge in [-0.2, -0.15) is 5.26 Å². The Morgan fingerprint density at radius 2 is 2.40 bits per heavy atom. The zero-order chi connectivity index (χ0) is 7.56. The number of hydrogen-bond donors (Lipinski definition) is 1. The van der Waals surface area contributed by atoms with E-state index in [4.69, 9.17) is 22.6 Å². The zero-order valence-corrected chi connectivity index (χ0v) is 5.63. The minimum Gasteiger partial charge on any atom is -0.381 e.